The van der Waals surface area contributed by atoms with E-state index in [2.05, 4.69) is 32.3 Å². The van der Waals surface area contributed by atoms with E-state index in [-0.39, 0.29) is 6.61 Å². The van der Waals surface area contributed by atoms with Crippen LogP contribution in [0.25, 0.3) is 0 Å². The van der Waals surface area contributed by atoms with Crippen LogP contribution in [0.15, 0.2) is 81.5 Å². The van der Waals surface area contributed by atoms with E-state index in [1.54, 1.807) is 35.9 Å². The Morgan fingerprint density at radius 1 is 1.35 bits per heavy atom. The number of nitrogens with zero attached hydrogens (tertiary/aromatic N) is 5. The summed E-state index contributed by atoms with van der Waals surface area (Å²) >= 11 is 0. The molecule has 122 valence electrons. The van der Waals surface area contributed by atoms with Gasteiger partial charge >= 0.3 is 0 Å². The molecule has 0 saturated carbocycles. The van der Waals surface area contributed by atoms with Crippen LogP contribution in [-0.2, 0) is 6.54 Å². The number of hydrogen-bond donors (Lipinski definition) is 2. The van der Waals surface area contributed by atoms with Gasteiger partial charge in [-0.05, 0) is 37.4 Å². The highest BCUT2D eigenvalue weighted by molar-refractivity contribution is 5.79. The smallest absolute Gasteiger partial charge is 0.170 e. The first kappa shape index (κ1) is 18.2. The number of allylic oxidation sites excluding steroid dienone is 3. The van der Waals surface area contributed by atoms with Gasteiger partial charge in [0.1, 0.15) is 0 Å². The molecule has 1 aromatic heterocycles. The van der Waals surface area contributed by atoms with Gasteiger partial charge in [0.2, 0.25) is 0 Å². The molecule has 2 N–H and O–H groups in total. The van der Waals surface area contributed by atoms with Gasteiger partial charge in [-0.2, -0.15) is 0 Å². The molecule has 0 aliphatic rings. The molecule has 0 fully saturated rings. The molecule has 0 aromatic carbocycles. The number of aliphatic hydroxyl groups is 1. The van der Waals surface area contributed by atoms with Gasteiger partial charge in [-0.25, -0.2) is 0 Å². The second kappa shape index (κ2) is 10.9. The van der Waals surface area contributed by atoms with Gasteiger partial charge in [0.05, 0.1) is 12.3 Å². The van der Waals surface area contributed by atoms with Crippen molar-refractivity contribution in [2.45, 2.75) is 13.5 Å². The van der Waals surface area contributed by atoms with Gasteiger partial charge in [0.15, 0.2) is 11.3 Å². The Morgan fingerprint density at radius 3 is 2.91 bits per heavy atom. The second-order valence-corrected chi connectivity index (χ2v) is 4.42. The van der Waals surface area contributed by atoms with E-state index < -0.39 is 0 Å². The monoisotopic (exact) mass is 314 g/mol. The topological polar surface area (TPSA) is 86.6 Å². The summed E-state index contributed by atoms with van der Waals surface area (Å²) in [6.45, 7) is 5.95. The number of azo groups is 1. The number of aliphatic hydroxyl groups excluding tert-OH is 1. The standard InChI is InChI=1S/C16H22N6O/c1-14(8-4-6-10-17-3)18-19-15(2)20-21-16-9-5-7-11-22(16)12-13-23/h4-11,17,23H,1,12-13H2,2-3H3/b8-4-,10-6-,19-18?,20-15+,21-16+. The number of amidine groups is 1. The fraction of sp³-hybridized carbons (Fsp3) is 0.250. The summed E-state index contributed by atoms with van der Waals surface area (Å²) in [4.78, 5) is 0. The minimum Gasteiger partial charge on any atom is -0.395 e. The van der Waals surface area contributed by atoms with Crippen LogP contribution < -0.4 is 10.8 Å². The maximum atomic E-state index is 9.01. The van der Waals surface area contributed by atoms with Crippen LogP contribution in [0.4, 0.5) is 0 Å². The SMILES string of the molecule is C=C(/C=C\C=C/NC)N=N/C(C)=N/N=c1\ccccn1CCO. The molecular weight excluding hydrogens is 292 g/mol. The zero-order chi connectivity index (χ0) is 16.9. The fourth-order valence-corrected chi connectivity index (χ4v) is 1.49. The van der Waals surface area contributed by atoms with Crippen molar-refractivity contribution in [3.8, 4) is 0 Å². The first-order chi connectivity index (χ1) is 11.2. The van der Waals surface area contributed by atoms with Crippen LogP contribution in [0, 0.1) is 0 Å². The van der Waals surface area contributed by atoms with Crippen molar-refractivity contribution >= 4 is 5.84 Å². The van der Waals surface area contributed by atoms with Crippen LogP contribution in [0.5, 0.6) is 0 Å². The van der Waals surface area contributed by atoms with Crippen molar-refractivity contribution < 1.29 is 5.11 Å². The molecule has 0 spiro atoms. The van der Waals surface area contributed by atoms with E-state index in [0.717, 1.165) is 0 Å². The Kier molecular flexibility index (Phi) is 8.62. The Hall–Kier alpha value is -2.80. The molecule has 1 heterocycles. The molecule has 7 nitrogen and oxygen atoms in total. The molecule has 0 saturated heterocycles. The molecule has 0 unspecified atom stereocenters. The highest BCUT2D eigenvalue weighted by Gasteiger charge is 1.91. The van der Waals surface area contributed by atoms with Crippen molar-refractivity contribution in [1.29, 1.82) is 0 Å². The van der Waals surface area contributed by atoms with E-state index in [1.807, 2.05) is 31.5 Å². The molecule has 7 heteroatoms. The van der Waals surface area contributed by atoms with Crippen molar-refractivity contribution in [2.24, 2.45) is 20.4 Å². The Balaban J connectivity index is 2.76. The van der Waals surface area contributed by atoms with E-state index in [1.165, 1.54) is 0 Å². The maximum Gasteiger partial charge on any atom is 0.170 e. The summed E-state index contributed by atoms with van der Waals surface area (Å²) in [5.74, 6) is 0.407. The second-order valence-electron chi connectivity index (χ2n) is 4.42. The third-order valence-corrected chi connectivity index (χ3v) is 2.54. The minimum atomic E-state index is 0.0355. The van der Waals surface area contributed by atoms with Crippen LogP contribution in [-0.4, -0.2) is 29.2 Å². The van der Waals surface area contributed by atoms with Crippen molar-refractivity contribution in [3.63, 3.8) is 0 Å². The summed E-state index contributed by atoms with van der Waals surface area (Å²) in [5.41, 5.74) is 1.14. The number of pyridine rings is 1. The molecule has 0 aliphatic heterocycles. The molecule has 0 atom stereocenters. The molecule has 0 aliphatic carbocycles. The lowest BCUT2D eigenvalue weighted by atomic mass is 10.4. The van der Waals surface area contributed by atoms with E-state index in [4.69, 9.17) is 5.11 Å². The fourth-order valence-electron chi connectivity index (χ4n) is 1.49. The van der Waals surface area contributed by atoms with Crippen LogP contribution in [0.1, 0.15) is 6.92 Å². The predicted molar refractivity (Wildman–Crippen MR) is 91.5 cm³/mol. The molecule has 1 rings (SSSR count). The summed E-state index contributed by atoms with van der Waals surface area (Å²) in [5, 5.41) is 27.9. The van der Waals surface area contributed by atoms with Crippen LogP contribution >= 0.6 is 0 Å². The third-order valence-electron chi connectivity index (χ3n) is 2.54. The highest BCUT2D eigenvalue weighted by Crippen LogP contribution is 1.97. The van der Waals surface area contributed by atoms with Gasteiger partial charge in [-0.15, -0.1) is 20.4 Å². The molecular formula is C16H22N6O. The molecule has 0 radical (unpaired) electrons. The Morgan fingerprint density at radius 2 is 2.17 bits per heavy atom. The average Bonchev–Trinajstić information content (AvgIpc) is 2.56. The van der Waals surface area contributed by atoms with Gasteiger partial charge < -0.3 is 15.0 Å². The van der Waals surface area contributed by atoms with Crippen molar-refractivity contribution in [3.05, 3.63) is 66.6 Å². The summed E-state index contributed by atoms with van der Waals surface area (Å²) in [6.07, 6.45) is 8.97. The average molecular weight is 314 g/mol. The summed E-state index contributed by atoms with van der Waals surface area (Å²) in [7, 11) is 1.82. The highest BCUT2D eigenvalue weighted by atomic mass is 16.3. The van der Waals surface area contributed by atoms with Gasteiger partial charge in [0.25, 0.3) is 0 Å². The lowest BCUT2D eigenvalue weighted by molar-refractivity contribution is 0.273. The molecule has 0 amide bonds. The zero-order valence-electron chi connectivity index (χ0n) is 13.4. The number of aromatic nitrogens is 1. The normalized spacial score (nSPS) is 13.5. The van der Waals surface area contributed by atoms with Gasteiger partial charge in [-0.3, -0.25) is 0 Å². The molecule has 1 aromatic rings. The predicted octanol–water partition coefficient (Wildman–Crippen LogP) is 1.97. The van der Waals surface area contributed by atoms with Gasteiger partial charge in [0, 0.05) is 19.8 Å². The van der Waals surface area contributed by atoms with Crippen molar-refractivity contribution in [2.75, 3.05) is 13.7 Å². The summed E-state index contributed by atoms with van der Waals surface area (Å²) < 4.78 is 1.80. The van der Waals surface area contributed by atoms with Crippen LogP contribution in [0.2, 0.25) is 0 Å². The zero-order valence-corrected chi connectivity index (χ0v) is 13.4. The lowest BCUT2D eigenvalue weighted by Gasteiger charge is -2.02. The van der Waals surface area contributed by atoms with E-state index >= 15 is 0 Å². The largest absolute Gasteiger partial charge is 0.395 e. The Bertz CT molecular complexity index is 682. The minimum absolute atomic E-state index is 0.0355. The third kappa shape index (κ3) is 7.68. The maximum absolute atomic E-state index is 9.01. The van der Waals surface area contributed by atoms with Crippen LogP contribution in [0.3, 0.4) is 0 Å². The number of nitrogens with one attached hydrogen (secondary N) is 1. The summed E-state index contributed by atoms with van der Waals surface area (Å²) in [6, 6.07) is 5.52. The Labute approximate surface area is 135 Å². The van der Waals surface area contributed by atoms with Gasteiger partial charge in [-0.1, -0.05) is 18.7 Å². The van der Waals surface area contributed by atoms with E-state index in [0.29, 0.717) is 23.6 Å². The number of rotatable bonds is 7. The van der Waals surface area contributed by atoms with Crippen molar-refractivity contribution in [1.82, 2.24) is 9.88 Å². The lowest BCUT2D eigenvalue weighted by Crippen LogP contribution is -2.20. The quantitative estimate of drug-likeness (QED) is 0.265. The first-order valence-corrected chi connectivity index (χ1v) is 7.13. The number of hydrogen-bond acceptors (Lipinski definition) is 5. The van der Waals surface area contributed by atoms with E-state index in [9.17, 15) is 0 Å². The first-order valence-electron chi connectivity index (χ1n) is 7.13. The molecule has 0 bridgehead atoms. The molecule has 23 heavy (non-hydrogen) atoms.